The molecular formula is C11H12N4O2. The minimum Gasteiger partial charge on any atom is -0.378 e. The first kappa shape index (κ1) is 10.2. The van der Waals surface area contributed by atoms with Crippen LogP contribution < -0.4 is 0 Å². The quantitative estimate of drug-likeness (QED) is 0.704. The van der Waals surface area contributed by atoms with Gasteiger partial charge in [-0.05, 0) is 6.07 Å². The molecule has 6 nitrogen and oxygen atoms in total. The van der Waals surface area contributed by atoms with Crippen LogP contribution in [0.4, 0.5) is 0 Å². The van der Waals surface area contributed by atoms with Gasteiger partial charge >= 0.3 is 0 Å². The van der Waals surface area contributed by atoms with E-state index in [9.17, 15) is 4.79 Å². The van der Waals surface area contributed by atoms with Crippen LogP contribution in [0.25, 0.3) is 5.65 Å². The van der Waals surface area contributed by atoms with Crippen LogP contribution >= 0.6 is 0 Å². The van der Waals surface area contributed by atoms with Crippen LogP contribution in [0.5, 0.6) is 0 Å². The average Bonchev–Trinajstić information content (AvgIpc) is 2.83. The summed E-state index contributed by atoms with van der Waals surface area (Å²) in [6.45, 7) is 2.45. The molecule has 3 rings (SSSR count). The minimum absolute atomic E-state index is 0.0259. The van der Waals surface area contributed by atoms with Crippen molar-refractivity contribution in [1.29, 1.82) is 0 Å². The lowest BCUT2D eigenvalue weighted by molar-refractivity contribution is 0.0304. The molecule has 1 aliphatic heterocycles. The number of carbonyl (C=O) groups is 1. The first-order valence-electron chi connectivity index (χ1n) is 5.51. The van der Waals surface area contributed by atoms with Crippen LogP contribution in [0.15, 0.2) is 24.7 Å². The van der Waals surface area contributed by atoms with Gasteiger partial charge < -0.3 is 9.64 Å². The minimum atomic E-state index is -0.0259. The molecule has 3 heterocycles. The van der Waals surface area contributed by atoms with Crippen molar-refractivity contribution in [2.75, 3.05) is 26.3 Å². The first-order valence-corrected chi connectivity index (χ1v) is 5.51. The molecule has 6 heteroatoms. The van der Waals surface area contributed by atoms with E-state index < -0.39 is 0 Å². The average molecular weight is 232 g/mol. The number of hydrogen-bond acceptors (Lipinski definition) is 4. The zero-order valence-electron chi connectivity index (χ0n) is 9.24. The Labute approximate surface area is 97.8 Å². The predicted molar refractivity (Wildman–Crippen MR) is 59.7 cm³/mol. The number of amides is 1. The van der Waals surface area contributed by atoms with E-state index in [1.165, 1.54) is 0 Å². The predicted octanol–water partition coefficient (Wildman–Crippen LogP) is 0.202. The second-order valence-electron chi connectivity index (χ2n) is 3.85. The molecular weight excluding hydrogens is 220 g/mol. The smallest absolute Gasteiger partial charge is 0.259 e. The number of fused-ring (bicyclic) bond motifs is 1. The molecule has 0 N–H and O–H groups in total. The normalized spacial score (nSPS) is 16.4. The van der Waals surface area contributed by atoms with Crippen LogP contribution in [0, 0.1) is 0 Å². The molecule has 0 atom stereocenters. The topological polar surface area (TPSA) is 59.7 Å². The standard InChI is InChI=1S/C11H12N4O2/c16-11(14-4-6-17-7-5-14)9-8-13-15-3-1-2-12-10(9)15/h1-3,8H,4-7H2. The van der Waals surface area contributed by atoms with Gasteiger partial charge in [0.05, 0.1) is 19.4 Å². The van der Waals surface area contributed by atoms with Crippen LogP contribution in [0.3, 0.4) is 0 Å². The molecule has 0 spiro atoms. The summed E-state index contributed by atoms with van der Waals surface area (Å²) in [6, 6.07) is 1.78. The van der Waals surface area contributed by atoms with Crippen molar-refractivity contribution in [3.8, 4) is 0 Å². The monoisotopic (exact) mass is 232 g/mol. The molecule has 1 amide bonds. The summed E-state index contributed by atoms with van der Waals surface area (Å²) >= 11 is 0. The zero-order chi connectivity index (χ0) is 11.7. The van der Waals surface area contributed by atoms with Gasteiger partial charge in [0.1, 0.15) is 5.56 Å². The number of rotatable bonds is 1. The summed E-state index contributed by atoms with van der Waals surface area (Å²) in [5, 5.41) is 4.11. The van der Waals surface area contributed by atoms with Gasteiger partial charge in [-0.15, -0.1) is 0 Å². The van der Waals surface area contributed by atoms with E-state index in [0.717, 1.165) is 0 Å². The van der Waals surface area contributed by atoms with Gasteiger partial charge in [-0.1, -0.05) is 0 Å². The molecule has 0 bridgehead atoms. The number of nitrogens with zero attached hydrogens (tertiary/aromatic N) is 4. The molecule has 0 unspecified atom stereocenters. The molecule has 88 valence electrons. The van der Waals surface area contributed by atoms with Gasteiger partial charge in [0, 0.05) is 25.5 Å². The Morgan fingerprint density at radius 2 is 2.18 bits per heavy atom. The molecule has 0 saturated carbocycles. The lowest BCUT2D eigenvalue weighted by atomic mass is 10.2. The molecule has 2 aromatic rings. The zero-order valence-corrected chi connectivity index (χ0v) is 9.24. The summed E-state index contributed by atoms with van der Waals surface area (Å²) in [7, 11) is 0. The van der Waals surface area contributed by atoms with E-state index in [1.54, 1.807) is 34.1 Å². The maximum absolute atomic E-state index is 12.3. The second-order valence-corrected chi connectivity index (χ2v) is 3.85. The Kier molecular flexibility index (Phi) is 2.49. The lowest BCUT2D eigenvalue weighted by Gasteiger charge is -2.26. The Bertz CT molecular complexity index is 545. The number of aromatic nitrogens is 3. The van der Waals surface area contributed by atoms with Gasteiger partial charge in [-0.25, -0.2) is 9.50 Å². The molecule has 0 aliphatic carbocycles. The highest BCUT2D eigenvalue weighted by molar-refractivity contribution is 5.99. The van der Waals surface area contributed by atoms with Gasteiger partial charge in [0.15, 0.2) is 5.65 Å². The van der Waals surface area contributed by atoms with E-state index in [1.807, 2.05) is 0 Å². The number of ether oxygens (including phenoxy) is 1. The lowest BCUT2D eigenvalue weighted by Crippen LogP contribution is -2.40. The maximum Gasteiger partial charge on any atom is 0.259 e. The Morgan fingerprint density at radius 1 is 1.35 bits per heavy atom. The number of morpholine rings is 1. The third-order valence-corrected chi connectivity index (χ3v) is 2.81. The summed E-state index contributed by atoms with van der Waals surface area (Å²) in [4.78, 5) is 18.2. The Morgan fingerprint density at radius 3 is 3.00 bits per heavy atom. The largest absolute Gasteiger partial charge is 0.378 e. The first-order chi connectivity index (χ1) is 8.36. The highest BCUT2D eigenvalue weighted by Crippen LogP contribution is 2.11. The molecule has 1 saturated heterocycles. The second kappa shape index (κ2) is 4.14. The van der Waals surface area contributed by atoms with E-state index in [2.05, 4.69) is 10.1 Å². The molecule has 0 radical (unpaired) electrons. The summed E-state index contributed by atoms with van der Waals surface area (Å²) in [5.41, 5.74) is 1.15. The van der Waals surface area contributed by atoms with E-state index >= 15 is 0 Å². The number of carbonyl (C=O) groups excluding carboxylic acids is 1. The fourth-order valence-corrected chi connectivity index (χ4v) is 1.91. The Balaban J connectivity index is 1.95. The van der Waals surface area contributed by atoms with Crippen molar-refractivity contribution < 1.29 is 9.53 Å². The van der Waals surface area contributed by atoms with Gasteiger partial charge in [-0.3, -0.25) is 4.79 Å². The van der Waals surface area contributed by atoms with Crippen LogP contribution in [0.2, 0.25) is 0 Å². The third-order valence-electron chi connectivity index (χ3n) is 2.81. The van der Waals surface area contributed by atoms with E-state index in [0.29, 0.717) is 37.5 Å². The van der Waals surface area contributed by atoms with Crippen molar-refractivity contribution >= 4 is 11.6 Å². The fraction of sp³-hybridized carbons (Fsp3) is 0.364. The molecule has 1 fully saturated rings. The highest BCUT2D eigenvalue weighted by Gasteiger charge is 2.22. The van der Waals surface area contributed by atoms with Gasteiger partial charge in [-0.2, -0.15) is 5.10 Å². The van der Waals surface area contributed by atoms with Gasteiger partial charge in [0.25, 0.3) is 5.91 Å². The molecule has 1 aliphatic rings. The fourth-order valence-electron chi connectivity index (χ4n) is 1.91. The highest BCUT2D eigenvalue weighted by atomic mass is 16.5. The van der Waals surface area contributed by atoms with Crippen molar-refractivity contribution in [3.05, 3.63) is 30.2 Å². The van der Waals surface area contributed by atoms with Crippen molar-refractivity contribution in [1.82, 2.24) is 19.5 Å². The molecule has 0 aromatic carbocycles. The van der Waals surface area contributed by atoms with Crippen LogP contribution in [-0.4, -0.2) is 51.7 Å². The summed E-state index contributed by atoms with van der Waals surface area (Å²) in [6.07, 6.45) is 5.01. The van der Waals surface area contributed by atoms with E-state index in [4.69, 9.17) is 4.74 Å². The maximum atomic E-state index is 12.3. The van der Waals surface area contributed by atoms with Crippen molar-refractivity contribution in [3.63, 3.8) is 0 Å². The summed E-state index contributed by atoms with van der Waals surface area (Å²) in [5.74, 6) is -0.0259. The van der Waals surface area contributed by atoms with Crippen LogP contribution in [-0.2, 0) is 4.74 Å². The summed E-state index contributed by atoms with van der Waals surface area (Å²) < 4.78 is 6.83. The number of hydrogen-bond donors (Lipinski definition) is 0. The van der Waals surface area contributed by atoms with Crippen molar-refractivity contribution in [2.45, 2.75) is 0 Å². The van der Waals surface area contributed by atoms with E-state index in [-0.39, 0.29) is 5.91 Å². The SMILES string of the molecule is O=C(c1cnn2cccnc12)N1CCOCC1. The van der Waals surface area contributed by atoms with Gasteiger partial charge in [0.2, 0.25) is 0 Å². The molecule has 2 aromatic heterocycles. The third kappa shape index (κ3) is 1.76. The van der Waals surface area contributed by atoms with Crippen LogP contribution in [0.1, 0.15) is 10.4 Å². The Hall–Kier alpha value is -1.95. The molecule has 17 heavy (non-hydrogen) atoms. The van der Waals surface area contributed by atoms with Crippen molar-refractivity contribution in [2.24, 2.45) is 0 Å².